The third-order valence-corrected chi connectivity index (χ3v) is 5.81. The van der Waals surface area contributed by atoms with Crippen LogP contribution < -0.4 is 10.0 Å². The molecule has 0 bridgehead atoms. The molecule has 2 N–H and O–H groups in total. The molecule has 2 aromatic carbocycles. The topological polar surface area (TPSA) is 58.2 Å². The molecule has 0 saturated carbocycles. The zero-order valence-corrected chi connectivity index (χ0v) is 13.8. The highest BCUT2D eigenvalue weighted by Crippen LogP contribution is 2.26. The summed E-state index contributed by atoms with van der Waals surface area (Å²) in [4.78, 5) is -0.509. The van der Waals surface area contributed by atoms with Gasteiger partial charge in [0.1, 0.15) is 10.7 Å². The lowest BCUT2D eigenvalue weighted by atomic mass is 9.95. The van der Waals surface area contributed by atoms with Crippen molar-refractivity contribution in [3.8, 4) is 0 Å². The van der Waals surface area contributed by atoms with Crippen molar-refractivity contribution in [2.45, 2.75) is 17.4 Å². The van der Waals surface area contributed by atoms with E-state index in [2.05, 4.69) is 10.0 Å². The summed E-state index contributed by atoms with van der Waals surface area (Å²) >= 11 is 5.84. The highest BCUT2D eigenvalue weighted by Gasteiger charge is 2.25. The molecule has 3 rings (SSSR count). The number of sulfonamides is 1. The van der Waals surface area contributed by atoms with Crippen molar-refractivity contribution < 1.29 is 12.8 Å². The zero-order chi connectivity index (χ0) is 16.4. The Balaban J connectivity index is 1.81. The molecule has 0 aromatic heterocycles. The van der Waals surface area contributed by atoms with Crippen LogP contribution in [0.3, 0.4) is 0 Å². The van der Waals surface area contributed by atoms with Crippen molar-refractivity contribution in [3.05, 3.63) is 64.4 Å². The molecular formula is C16H16ClFN2O2S. The van der Waals surface area contributed by atoms with Crippen LogP contribution >= 0.6 is 11.6 Å². The molecule has 1 unspecified atom stereocenters. The van der Waals surface area contributed by atoms with Crippen LogP contribution in [0.1, 0.15) is 17.2 Å². The summed E-state index contributed by atoms with van der Waals surface area (Å²) in [6.07, 6.45) is 0.901. The molecule has 1 heterocycles. The van der Waals surface area contributed by atoms with Crippen LogP contribution in [0.5, 0.6) is 0 Å². The predicted octanol–water partition coefficient (Wildman–Crippen LogP) is 2.64. The van der Waals surface area contributed by atoms with Crippen molar-refractivity contribution in [1.29, 1.82) is 0 Å². The number of hydrogen-bond acceptors (Lipinski definition) is 3. The van der Waals surface area contributed by atoms with Crippen molar-refractivity contribution >= 4 is 21.6 Å². The molecule has 2 aromatic rings. The van der Waals surface area contributed by atoms with E-state index in [1.165, 1.54) is 17.7 Å². The molecule has 1 atom stereocenters. The van der Waals surface area contributed by atoms with E-state index in [0.717, 1.165) is 24.6 Å². The van der Waals surface area contributed by atoms with Gasteiger partial charge in [-0.2, -0.15) is 0 Å². The fraction of sp³-hybridized carbons (Fsp3) is 0.250. The van der Waals surface area contributed by atoms with E-state index in [0.29, 0.717) is 0 Å². The van der Waals surface area contributed by atoms with Gasteiger partial charge in [0.2, 0.25) is 10.0 Å². The van der Waals surface area contributed by atoms with Crippen LogP contribution in [0.15, 0.2) is 47.4 Å². The fourth-order valence-electron chi connectivity index (χ4n) is 2.78. The molecule has 0 fully saturated rings. The quantitative estimate of drug-likeness (QED) is 0.887. The zero-order valence-electron chi connectivity index (χ0n) is 12.2. The van der Waals surface area contributed by atoms with Gasteiger partial charge < -0.3 is 5.32 Å². The Morgan fingerprint density at radius 2 is 2.00 bits per heavy atom. The Morgan fingerprint density at radius 1 is 1.22 bits per heavy atom. The molecule has 0 aliphatic carbocycles. The Kier molecular flexibility index (Phi) is 4.68. The van der Waals surface area contributed by atoms with Gasteiger partial charge in [0.25, 0.3) is 0 Å². The first-order valence-corrected chi connectivity index (χ1v) is 9.10. The molecule has 23 heavy (non-hydrogen) atoms. The Labute approximate surface area is 139 Å². The van der Waals surface area contributed by atoms with Gasteiger partial charge in [-0.05, 0) is 36.2 Å². The molecule has 1 aliphatic rings. The van der Waals surface area contributed by atoms with Gasteiger partial charge in [-0.25, -0.2) is 17.5 Å². The SMILES string of the molecule is O=S(=O)(NCC1NCCc2ccccc21)c1c(F)cccc1Cl. The van der Waals surface area contributed by atoms with Crippen molar-refractivity contribution in [1.82, 2.24) is 10.0 Å². The summed E-state index contributed by atoms with van der Waals surface area (Å²) in [5, 5.41) is 3.14. The van der Waals surface area contributed by atoms with Gasteiger partial charge in [-0.3, -0.25) is 0 Å². The third-order valence-electron chi connectivity index (χ3n) is 3.88. The maximum absolute atomic E-state index is 13.8. The molecule has 0 spiro atoms. The summed E-state index contributed by atoms with van der Waals surface area (Å²) in [6, 6.07) is 11.5. The second kappa shape index (κ2) is 6.57. The van der Waals surface area contributed by atoms with Crippen molar-refractivity contribution in [2.75, 3.05) is 13.1 Å². The van der Waals surface area contributed by atoms with Crippen LogP contribution in [0.4, 0.5) is 4.39 Å². The molecular weight excluding hydrogens is 339 g/mol. The minimum Gasteiger partial charge on any atom is -0.308 e. The first-order chi connectivity index (χ1) is 11.0. The van der Waals surface area contributed by atoms with E-state index in [1.807, 2.05) is 24.3 Å². The Bertz CT molecular complexity index is 806. The monoisotopic (exact) mass is 354 g/mol. The summed E-state index contributed by atoms with van der Waals surface area (Å²) in [7, 11) is -4.02. The molecule has 0 radical (unpaired) electrons. The highest BCUT2D eigenvalue weighted by molar-refractivity contribution is 7.89. The number of fused-ring (bicyclic) bond motifs is 1. The second-order valence-electron chi connectivity index (χ2n) is 5.36. The van der Waals surface area contributed by atoms with Gasteiger partial charge in [0.05, 0.1) is 5.02 Å². The normalized spacial score (nSPS) is 17.7. The average Bonchev–Trinajstić information content (AvgIpc) is 2.52. The molecule has 1 aliphatic heterocycles. The van der Waals surface area contributed by atoms with E-state index >= 15 is 0 Å². The highest BCUT2D eigenvalue weighted by atomic mass is 35.5. The summed E-state index contributed by atoms with van der Waals surface area (Å²) in [5.41, 5.74) is 2.25. The second-order valence-corrected chi connectivity index (χ2v) is 7.47. The van der Waals surface area contributed by atoms with Gasteiger partial charge >= 0.3 is 0 Å². The van der Waals surface area contributed by atoms with Crippen molar-refractivity contribution in [2.24, 2.45) is 0 Å². The lowest BCUT2D eigenvalue weighted by Crippen LogP contribution is -2.39. The van der Waals surface area contributed by atoms with Crippen LogP contribution in [0.2, 0.25) is 5.02 Å². The van der Waals surface area contributed by atoms with Gasteiger partial charge in [-0.1, -0.05) is 41.9 Å². The lowest BCUT2D eigenvalue weighted by Gasteiger charge is -2.27. The molecule has 0 saturated heterocycles. The van der Waals surface area contributed by atoms with Crippen LogP contribution in [0, 0.1) is 5.82 Å². The summed E-state index contributed by atoms with van der Waals surface area (Å²) < 4.78 is 41.0. The predicted molar refractivity (Wildman–Crippen MR) is 87.5 cm³/mol. The molecule has 0 amide bonds. The number of benzene rings is 2. The summed E-state index contributed by atoms with van der Waals surface area (Å²) in [5.74, 6) is -0.859. The number of rotatable bonds is 4. The minimum absolute atomic E-state index is 0.129. The van der Waals surface area contributed by atoms with Crippen LogP contribution in [0.25, 0.3) is 0 Å². The fourth-order valence-corrected chi connectivity index (χ4v) is 4.43. The number of hydrogen-bond donors (Lipinski definition) is 2. The van der Waals surface area contributed by atoms with E-state index < -0.39 is 20.7 Å². The Hall–Kier alpha value is -1.47. The Morgan fingerprint density at radius 3 is 2.78 bits per heavy atom. The average molecular weight is 355 g/mol. The van der Waals surface area contributed by atoms with Crippen molar-refractivity contribution in [3.63, 3.8) is 0 Å². The maximum Gasteiger partial charge on any atom is 0.245 e. The molecule has 4 nitrogen and oxygen atoms in total. The third kappa shape index (κ3) is 3.40. The van der Waals surface area contributed by atoms with Gasteiger partial charge in [0.15, 0.2) is 0 Å². The number of halogens is 2. The number of nitrogens with one attached hydrogen (secondary N) is 2. The van der Waals surface area contributed by atoms with Crippen LogP contribution in [-0.4, -0.2) is 21.5 Å². The first kappa shape index (κ1) is 16.4. The van der Waals surface area contributed by atoms with E-state index in [-0.39, 0.29) is 17.6 Å². The largest absolute Gasteiger partial charge is 0.308 e. The van der Waals surface area contributed by atoms with E-state index in [4.69, 9.17) is 11.6 Å². The maximum atomic E-state index is 13.8. The summed E-state index contributed by atoms with van der Waals surface area (Å²) in [6.45, 7) is 0.897. The van der Waals surface area contributed by atoms with E-state index in [9.17, 15) is 12.8 Å². The van der Waals surface area contributed by atoms with E-state index in [1.54, 1.807) is 0 Å². The molecule has 122 valence electrons. The standard InChI is InChI=1S/C16H16ClFN2O2S/c17-13-6-3-7-14(18)16(13)23(21,22)20-10-15-12-5-2-1-4-11(12)8-9-19-15/h1-7,15,19-20H,8-10H2. The minimum atomic E-state index is -4.02. The molecule has 7 heteroatoms. The van der Waals surface area contributed by atoms with Gasteiger partial charge in [-0.15, -0.1) is 0 Å². The van der Waals surface area contributed by atoms with Crippen LogP contribution in [-0.2, 0) is 16.4 Å². The lowest BCUT2D eigenvalue weighted by molar-refractivity contribution is 0.489. The first-order valence-electron chi connectivity index (χ1n) is 7.24. The van der Waals surface area contributed by atoms with Gasteiger partial charge in [0, 0.05) is 12.6 Å². The smallest absolute Gasteiger partial charge is 0.245 e.